The lowest BCUT2D eigenvalue weighted by molar-refractivity contribution is 0.0952. The number of benzene rings is 1. The van der Waals surface area contributed by atoms with E-state index in [9.17, 15) is 9.59 Å². The van der Waals surface area contributed by atoms with Crippen molar-refractivity contribution in [2.24, 2.45) is 0 Å². The second-order valence-electron chi connectivity index (χ2n) is 5.34. The Kier molecular flexibility index (Phi) is 4.19. The van der Waals surface area contributed by atoms with E-state index in [1.54, 1.807) is 29.8 Å². The summed E-state index contributed by atoms with van der Waals surface area (Å²) in [6, 6.07) is 13.1. The lowest BCUT2D eigenvalue weighted by atomic mass is 10.1. The van der Waals surface area contributed by atoms with Crippen molar-refractivity contribution in [1.82, 2.24) is 14.9 Å². The summed E-state index contributed by atoms with van der Waals surface area (Å²) in [4.78, 5) is 28.3. The number of rotatable bonds is 4. The van der Waals surface area contributed by atoms with Crippen molar-refractivity contribution in [3.63, 3.8) is 0 Å². The van der Waals surface area contributed by atoms with Gasteiger partial charge in [0.05, 0.1) is 11.1 Å². The molecule has 0 radical (unpaired) electrons. The number of pyridine rings is 2. The van der Waals surface area contributed by atoms with Gasteiger partial charge in [-0.1, -0.05) is 18.2 Å². The summed E-state index contributed by atoms with van der Waals surface area (Å²) in [7, 11) is 0. The van der Waals surface area contributed by atoms with Gasteiger partial charge in [-0.15, -0.1) is 0 Å². The molecule has 0 aliphatic heterocycles. The Balaban J connectivity index is 1.79. The SMILES string of the molecule is Cc1cc2ccccc2n(CCNC(=O)c2cccnc2)c1=O. The molecule has 3 rings (SSSR count). The first-order valence-corrected chi connectivity index (χ1v) is 7.44. The second-order valence-corrected chi connectivity index (χ2v) is 5.34. The first kappa shape index (κ1) is 15.0. The lowest BCUT2D eigenvalue weighted by Crippen LogP contribution is -2.31. The zero-order valence-electron chi connectivity index (χ0n) is 12.8. The number of carbonyl (C=O) groups is 1. The number of amides is 1. The van der Waals surface area contributed by atoms with Gasteiger partial charge in [-0.05, 0) is 36.6 Å². The third-order valence-corrected chi connectivity index (χ3v) is 3.73. The van der Waals surface area contributed by atoms with E-state index in [-0.39, 0.29) is 11.5 Å². The van der Waals surface area contributed by atoms with Crippen molar-refractivity contribution in [2.75, 3.05) is 6.54 Å². The molecule has 3 aromatic rings. The van der Waals surface area contributed by atoms with Crippen molar-refractivity contribution in [1.29, 1.82) is 0 Å². The van der Waals surface area contributed by atoms with Gasteiger partial charge in [0.15, 0.2) is 0 Å². The van der Waals surface area contributed by atoms with E-state index in [0.29, 0.717) is 24.2 Å². The van der Waals surface area contributed by atoms with E-state index in [2.05, 4.69) is 10.3 Å². The summed E-state index contributed by atoms with van der Waals surface area (Å²) in [6.07, 6.45) is 3.14. The molecular weight excluding hydrogens is 290 g/mol. The third kappa shape index (κ3) is 3.13. The second kappa shape index (κ2) is 6.44. The maximum Gasteiger partial charge on any atom is 0.254 e. The van der Waals surface area contributed by atoms with E-state index in [0.717, 1.165) is 10.9 Å². The molecule has 0 aliphatic rings. The highest BCUT2D eigenvalue weighted by Crippen LogP contribution is 2.12. The number of aryl methyl sites for hydroxylation is 1. The molecule has 1 N–H and O–H groups in total. The molecule has 2 aromatic heterocycles. The topological polar surface area (TPSA) is 64.0 Å². The number of fused-ring (bicyclic) bond motifs is 1. The summed E-state index contributed by atoms with van der Waals surface area (Å²) in [5, 5.41) is 3.84. The fourth-order valence-electron chi connectivity index (χ4n) is 2.58. The number of hydrogen-bond acceptors (Lipinski definition) is 3. The minimum Gasteiger partial charge on any atom is -0.350 e. The van der Waals surface area contributed by atoms with Gasteiger partial charge in [-0.25, -0.2) is 0 Å². The van der Waals surface area contributed by atoms with Crippen molar-refractivity contribution in [2.45, 2.75) is 13.5 Å². The molecule has 5 heteroatoms. The summed E-state index contributed by atoms with van der Waals surface area (Å²) in [5.41, 5.74) is 2.05. The van der Waals surface area contributed by atoms with E-state index < -0.39 is 0 Å². The smallest absolute Gasteiger partial charge is 0.254 e. The Morgan fingerprint density at radius 2 is 2.04 bits per heavy atom. The average Bonchev–Trinajstić information content (AvgIpc) is 2.59. The average molecular weight is 307 g/mol. The normalized spacial score (nSPS) is 10.7. The number of para-hydroxylation sites is 1. The minimum absolute atomic E-state index is 0.0284. The predicted molar refractivity (Wildman–Crippen MR) is 89.5 cm³/mol. The van der Waals surface area contributed by atoms with Crippen LogP contribution in [0.2, 0.25) is 0 Å². The molecular formula is C18H17N3O2. The maximum absolute atomic E-state index is 12.4. The Morgan fingerprint density at radius 1 is 1.22 bits per heavy atom. The van der Waals surface area contributed by atoms with Crippen LogP contribution in [-0.2, 0) is 6.54 Å². The molecule has 5 nitrogen and oxygen atoms in total. The van der Waals surface area contributed by atoms with Crippen LogP contribution in [0.25, 0.3) is 10.9 Å². The van der Waals surface area contributed by atoms with Gasteiger partial charge in [0.1, 0.15) is 0 Å². The third-order valence-electron chi connectivity index (χ3n) is 3.73. The van der Waals surface area contributed by atoms with Crippen LogP contribution in [-0.4, -0.2) is 22.0 Å². The first-order valence-electron chi connectivity index (χ1n) is 7.44. The van der Waals surface area contributed by atoms with Crippen LogP contribution in [0.3, 0.4) is 0 Å². The number of carbonyl (C=O) groups excluding carboxylic acids is 1. The highest BCUT2D eigenvalue weighted by Gasteiger charge is 2.08. The Hall–Kier alpha value is -2.95. The van der Waals surface area contributed by atoms with Gasteiger partial charge in [-0.3, -0.25) is 14.6 Å². The molecule has 0 bridgehead atoms. The zero-order chi connectivity index (χ0) is 16.2. The van der Waals surface area contributed by atoms with Crippen LogP contribution < -0.4 is 10.9 Å². The Morgan fingerprint density at radius 3 is 2.83 bits per heavy atom. The van der Waals surface area contributed by atoms with Gasteiger partial charge in [0, 0.05) is 31.0 Å². The highest BCUT2D eigenvalue weighted by atomic mass is 16.1. The molecule has 0 spiro atoms. The monoisotopic (exact) mass is 307 g/mol. The molecule has 0 unspecified atom stereocenters. The van der Waals surface area contributed by atoms with Crippen LogP contribution in [0.15, 0.2) is 59.7 Å². The van der Waals surface area contributed by atoms with Crippen molar-refractivity contribution in [3.8, 4) is 0 Å². The molecule has 2 heterocycles. The summed E-state index contributed by atoms with van der Waals surface area (Å²) >= 11 is 0. The van der Waals surface area contributed by atoms with Crippen molar-refractivity contribution in [3.05, 3.63) is 76.3 Å². The quantitative estimate of drug-likeness (QED) is 0.803. The van der Waals surface area contributed by atoms with Gasteiger partial charge < -0.3 is 9.88 Å². The molecule has 23 heavy (non-hydrogen) atoms. The van der Waals surface area contributed by atoms with Gasteiger partial charge >= 0.3 is 0 Å². The van der Waals surface area contributed by atoms with E-state index in [1.807, 2.05) is 30.3 Å². The largest absolute Gasteiger partial charge is 0.350 e. The van der Waals surface area contributed by atoms with Crippen LogP contribution in [0.5, 0.6) is 0 Å². The van der Waals surface area contributed by atoms with Crippen molar-refractivity contribution < 1.29 is 4.79 Å². The summed E-state index contributed by atoms with van der Waals surface area (Å²) in [6.45, 7) is 2.60. The standard InChI is InChI=1S/C18H17N3O2/c1-13-11-14-5-2-3-7-16(14)21(18(13)23)10-9-20-17(22)15-6-4-8-19-12-15/h2-8,11-12H,9-10H2,1H3,(H,20,22). The van der Waals surface area contributed by atoms with E-state index in [1.165, 1.54) is 6.20 Å². The number of nitrogens with one attached hydrogen (secondary N) is 1. The summed E-state index contributed by atoms with van der Waals surface area (Å²) in [5.74, 6) is -0.192. The summed E-state index contributed by atoms with van der Waals surface area (Å²) < 4.78 is 1.70. The Bertz CT molecular complexity index is 901. The maximum atomic E-state index is 12.4. The molecule has 0 saturated carbocycles. The zero-order valence-corrected chi connectivity index (χ0v) is 12.8. The molecule has 0 aliphatic carbocycles. The number of aromatic nitrogens is 2. The van der Waals surface area contributed by atoms with Crippen LogP contribution in [0.1, 0.15) is 15.9 Å². The van der Waals surface area contributed by atoms with Crippen molar-refractivity contribution >= 4 is 16.8 Å². The van der Waals surface area contributed by atoms with E-state index >= 15 is 0 Å². The fraction of sp³-hybridized carbons (Fsp3) is 0.167. The highest BCUT2D eigenvalue weighted by molar-refractivity contribution is 5.93. The van der Waals surface area contributed by atoms with Gasteiger partial charge in [0.2, 0.25) is 0 Å². The number of nitrogens with zero attached hydrogens (tertiary/aromatic N) is 2. The molecule has 1 amide bonds. The van der Waals surface area contributed by atoms with Crippen LogP contribution in [0.4, 0.5) is 0 Å². The number of hydrogen-bond donors (Lipinski definition) is 1. The molecule has 1 aromatic carbocycles. The fourth-order valence-corrected chi connectivity index (χ4v) is 2.58. The first-order chi connectivity index (χ1) is 11.2. The molecule has 116 valence electrons. The van der Waals surface area contributed by atoms with E-state index in [4.69, 9.17) is 0 Å². The van der Waals surface area contributed by atoms with Gasteiger partial charge in [0.25, 0.3) is 11.5 Å². The van der Waals surface area contributed by atoms with Gasteiger partial charge in [-0.2, -0.15) is 0 Å². The van der Waals surface area contributed by atoms with Crippen LogP contribution >= 0.6 is 0 Å². The molecule has 0 fully saturated rings. The predicted octanol–water partition coefficient (Wildman–Crippen LogP) is 2.13. The minimum atomic E-state index is -0.192. The lowest BCUT2D eigenvalue weighted by Gasteiger charge is -2.12. The molecule has 0 atom stereocenters. The molecule has 0 saturated heterocycles. The van der Waals surface area contributed by atoms with Crippen LogP contribution in [0, 0.1) is 6.92 Å². The Labute approximate surface area is 133 Å².